The molecular weight excluding hydrogens is 294 g/mol. The van der Waals surface area contributed by atoms with Gasteiger partial charge in [-0.05, 0) is 18.6 Å². The van der Waals surface area contributed by atoms with Crippen molar-refractivity contribution in [1.82, 2.24) is 18.7 Å². The van der Waals surface area contributed by atoms with E-state index in [1.807, 2.05) is 6.92 Å². The summed E-state index contributed by atoms with van der Waals surface area (Å²) in [5.74, 6) is -2.06. The van der Waals surface area contributed by atoms with Crippen LogP contribution in [0, 0.1) is 11.6 Å². The van der Waals surface area contributed by atoms with Gasteiger partial charge in [-0.3, -0.25) is 9.36 Å². The van der Waals surface area contributed by atoms with Crippen LogP contribution in [0.15, 0.2) is 40.2 Å². The SMILES string of the molecule is CCCn1nc2c(=O)n(-c3ccc(F)c(F)c3)ccn2c1=O. The van der Waals surface area contributed by atoms with Gasteiger partial charge in [0.05, 0.1) is 5.69 Å². The molecule has 1 aromatic carbocycles. The summed E-state index contributed by atoms with van der Waals surface area (Å²) in [7, 11) is 0. The Labute approximate surface area is 122 Å². The molecule has 2 heterocycles. The van der Waals surface area contributed by atoms with E-state index in [-0.39, 0.29) is 11.3 Å². The number of hydrogen-bond acceptors (Lipinski definition) is 3. The van der Waals surface area contributed by atoms with Crippen molar-refractivity contribution >= 4 is 5.65 Å². The Balaban J connectivity index is 2.24. The van der Waals surface area contributed by atoms with Gasteiger partial charge in [0.25, 0.3) is 0 Å². The molecule has 3 rings (SSSR count). The van der Waals surface area contributed by atoms with E-state index in [1.54, 1.807) is 0 Å². The van der Waals surface area contributed by atoms with Crippen LogP contribution in [0.25, 0.3) is 11.3 Å². The predicted octanol–water partition coefficient (Wildman–Crippen LogP) is 1.34. The van der Waals surface area contributed by atoms with E-state index in [0.717, 1.165) is 21.1 Å². The lowest BCUT2D eigenvalue weighted by molar-refractivity contribution is 0.508. The van der Waals surface area contributed by atoms with Crippen LogP contribution in [0.1, 0.15) is 13.3 Å². The van der Waals surface area contributed by atoms with Gasteiger partial charge in [0.15, 0.2) is 11.6 Å². The van der Waals surface area contributed by atoms with Crippen molar-refractivity contribution in [2.24, 2.45) is 0 Å². The van der Waals surface area contributed by atoms with E-state index in [2.05, 4.69) is 5.10 Å². The molecule has 3 aromatic rings. The first-order chi connectivity index (χ1) is 10.5. The summed E-state index contributed by atoms with van der Waals surface area (Å²) in [6.07, 6.45) is 3.39. The highest BCUT2D eigenvalue weighted by atomic mass is 19.2. The minimum Gasteiger partial charge on any atom is -0.279 e. The lowest BCUT2D eigenvalue weighted by Crippen LogP contribution is -2.24. The Kier molecular flexibility index (Phi) is 3.36. The van der Waals surface area contributed by atoms with Crippen molar-refractivity contribution in [3.63, 3.8) is 0 Å². The van der Waals surface area contributed by atoms with Gasteiger partial charge in [-0.2, -0.15) is 0 Å². The highest BCUT2D eigenvalue weighted by Gasteiger charge is 2.13. The zero-order valence-corrected chi connectivity index (χ0v) is 11.7. The van der Waals surface area contributed by atoms with Gasteiger partial charge >= 0.3 is 11.2 Å². The molecule has 0 aliphatic carbocycles. The lowest BCUT2D eigenvalue weighted by Gasteiger charge is -2.05. The molecule has 0 spiro atoms. The van der Waals surface area contributed by atoms with E-state index in [1.165, 1.54) is 23.1 Å². The number of hydrogen-bond donors (Lipinski definition) is 0. The zero-order chi connectivity index (χ0) is 15.9. The second-order valence-electron chi connectivity index (χ2n) is 4.77. The molecular formula is C14H12F2N4O2. The Morgan fingerprint density at radius 3 is 2.59 bits per heavy atom. The fourth-order valence-corrected chi connectivity index (χ4v) is 2.20. The van der Waals surface area contributed by atoms with Gasteiger partial charge in [0.1, 0.15) is 0 Å². The number of benzene rings is 1. The molecule has 0 saturated heterocycles. The van der Waals surface area contributed by atoms with Crippen molar-refractivity contribution in [2.75, 3.05) is 0 Å². The maximum absolute atomic E-state index is 13.3. The molecule has 8 heteroatoms. The number of rotatable bonds is 3. The molecule has 0 fully saturated rings. The first-order valence-corrected chi connectivity index (χ1v) is 6.69. The van der Waals surface area contributed by atoms with Gasteiger partial charge in [-0.1, -0.05) is 6.92 Å². The molecule has 2 aromatic heterocycles. The number of nitrogens with zero attached hydrogens (tertiary/aromatic N) is 4. The summed E-state index contributed by atoms with van der Waals surface area (Å²) in [5.41, 5.74) is -0.901. The number of aryl methyl sites for hydroxylation is 1. The average Bonchev–Trinajstić information content (AvgIpc) is 2.81. The molecule has 0 saturated carbocycles. The predicted molar refractivity (Wildman–Crippen MR) is 75.3 cm³/mol. The third-order valence-corrected chi connectivity index (χ3v) is 3.26. The standard InChI is InChI=1S/C14H12F2N4O2/c1-2-5-20-14(22)19-7-6-18(13(21)12(19)17-20)9-3-4-10(15)11(16)8-9/h3-4,6-8H,2,5H2,1H3. The van der Waals surface area contributed by atoms with Crippen LogP contribution in [-0.2, 0) is 6.54 Å². The van der Waals surface area contributed by atoms with Crippen LogP contribution in [-0.4, -0.2) is 18.7 Å². The molecule has 0 aliphatic heterocycles. The van der Waals surface area contributed by atoms with Crippen LogP contribution < -0.4 is 11.2 Å². The van der Waals surface area contributed by atoms with Crippen molar-refractivity contribution < 1.29 is 8.78 Å². The van der Waals surface area contributed by atoms with Crippen LogP contribution in [0.3, 0.4) is 0 Å². The van der Waals surface area contributed by atoms with Crippen molar-refractivity contribution in [3.05, 3.63) is 63.1 Å². The van der Waals surface area contributed by atoms with Gasteiger partial charge in [0.2, 0.25) is 5.65 Å². The second kappa shape index (κ2) is 5.21. The van der Waals surface area contributed by atoms with Gasteiger partial charge < -0.3 is 0 Å². The van der Waals surface area contributed by atoms with Crippen LogP contribution in [0.2, 0.25) is 0 Å². The van der Waals surface area contributed by atoms with E-state index in [4.69, 9.17) is 0 Å². The normalized spacial score (nSPS) is 11.2. The molecule has 0 N–H and O–H groups in total. The minimum atomic E-state index is -1.06. The summed E-state index contributed by atoms with van der Waals surface area (Å²) in [6, 6.07) is 3.12. The molecule has 0 unspecified atom stereocenters. The Bertz CT molecular complexity index is 971. The summed E-state index contributed by atoms with van der Waals surface area (Å²) in [6.45, 7) is 2.28. The van der Waals surface area contributed by atoms with Gasteiger partial charge in [-0.15, -0.1) is 5.10 Å². The Hall–Kier alpha value is -2.77. The van der Waals surface area contributed by atoms with Crippen LogP contribution in [0.5, 0.6) is 0 Å². The van der Waals surface area contributed by atoms with Crippen LogP contribution >= 0.6 is 0 Å². The Morgan fingerprint density at radius 2 is 1.91 bits per heavy atom. The molecule has 22 heavy (non-hydrogen) atoms. The van der Waals surface area contributed by atoms with Crippen molar-refractivity contribution in [3.8, 4) is 5.69 Å². The smallest absolute Gasteiger partial charge is 0.279 e. The largest absolute Gasteiger partial charge is 0.350 e. The van der Waals surface area contributed by atoms with E-state index in [0.29, 0.717) is 13.0 Å². The molecule has 114 valence electrons. The van der Waals surface area contributed by atoms with Crippen LogP contribution in [0.4, 0.5) is 8.78 Å². The van der Waals surface area contributed by atoms with E-state index >= 15 is 0 Å². The summed E-state index contributed by atoms with van der Waals surface area (Å²) < 4.78 is 29.7. The average molecular weight is 306 g/mol. The van der Waals surface area contributed by atoms with E-state index in [9.17, 15) is 18.4 Å². The second-order valence-corrected chi connectivity index (χ2v) is 4.77. The maximum Gasteiger partial charge on any atom is 0.350 e. The van der Waals surface area contributed by atoms with Crippen molar-refractivity contribution in [2.45, 2.75) is 19.9 Å². The molecule has 0 bridgehead atoms. The third-order valence-electron chi connectivity index (χ3n) is 3.26. The first-order valence-electron chi connectivity index (χ1n) is 6.69. The third kappa shape index (κ3) is 2.12. The monoisotopic (exact) mass is 306 g/mol. The van der Waals surface area contributed by atoms with Crippen molar-refractivity contribution in [1.29, 1.82) is 0 Å². The molecule has 0 atom stereocenters. The number of halogens is 2. The Morgan fingerprint density at radius 1 is 1.14 bits per heavy atom. The minimum absolute atomic E-state index is 0.0642. The fourth-order valence-electron chi connectivity index (χ4n) is 2.20. The number of fused-ring (bicyclic) bond motifs is 1. The molecule has 0 radical (unpaired) electrons. The lowest BCUT2D eigenvalue weighted by atomic mass is 10.3. The number of aromatic nitrogens is 4. The van der Waals surface area contributed by atoms with Gasteiger partial charge in [0, 0.05) is 25.0 Å². The maximum atomic E-state index is 13.3. The molecule has 0 amide bonds. The topological polar surface area (TPSA) is 61.3 Å². The van der Waals surface area contributed by atoms with E-state index < -0.39 is 22.9 Å². The first kappa shape index (κ1) is 14.2. The quantitative estimate of drug-likeness (QED) is 0.733. The molecule has 6 nitrogen and oxygen atoms in total. The van der Waals surface area contributed by atoms with Gasteiger partial charge in [-0.25, -0.2) is 22.7 Å². The fraction of sp³-hybridized carbons (Fsp3) is 0.214. The summed E-state index contributed by atoms with van der Waals surface area (Å²) in [4.78, 5) is 24.4. The highest BCUT2D eigenvalue weighted by Crippen LogP contribution is 2.11. The summed E-state index contributed by atoms with van der Waals surface area (Å²) >= 11 is 0. The highest BCUT2D eigenvalue weighted by molar-refractivity contribution is 5.40. The summed E-state index contributed by atoms with van der Waals surface area (Å²) in [5, 5.41) is 3.99. The molecule has 0 aliphatic rings. The zero-order valence-electron chi connectivity index (χ0n) is 11.7.